The number of halogens is 2. The predicted octanol–water partition coefficient (Wildman–Crippen LogP) is 2.82. The lowest BCUT2D eigenvalue weighted by atomic mass is 10.1. The molecule has 0 saturated heterocycles. The van der Waals surface area contributed by atoms with Crippen molar-refractivity contribution in [2.24, 2.45) is 0 Å². The van der Waals surface area contributed by atoms with Gasteiger partial charge in [-0.05, 0) is 24.1 Å². The molecule has 1 aromatic carbocycles. The van der Waals surface area contributed by atoms with Crippen molar-refractivity contribution in [3.05, 3.63) is 46.7 Å². The quantitative estimate of drug-likeness (QED) is 0.643. The van der Waals surface area contributed by atoms with Gasteiger partial charge < -0.3 is 16.0 Å². The van der Waals surface area contributed by atoms with Crippen LogP contribution >= 0.6 is 15.9 Å². The van der Waals surface area contributed by atoms with E-state index < -0.39 is 12.1 Å². The van der Waals surface area contributed by atoms with Gasteiger partial charge in [0.2, 0.25) is 5.91 Å². The van der Waals surface area contributed by atoms with Gasteiger partial charge in [0.15, 0.2) is 0 Å². The van der Waals surface area contributed by atoms with E-state index in [0.29, 0.717) is 17.4 Å². The van der Waals surface area contributed by atoms with Crippen LogP contribution in [0.1, 0.15) is 25.3 Å². The van der Waals surface area contributed by atoms with E-state index in [1.165, 1.54) is 12.1 Å². The Morgan fingerprint density at radius 3 is 2.48 bits per heavy atom. The summed E-state index contributed by atoms with van der Waals surface area (Å²) in [5.41, 5.74) is 0.772. The summed E-state index contributed by atoms with van der Waals surface area (Å²) in [6.45, 7) is 6.13. The Labute approximate surface area is 143 Å². The zero-order valence-electron chi connectivity index (χ0n) is 13.0. The molecular weight excluding hydrogens is 365 g/mol. The maximum Gasteiger partial charge on any atom is 0.315 e. The third kappa shape index (κ3) is 7.78. The SMILES string of the molecule is C=C(Br)CNC(=O)C(CCC)NC(=O)NCc1ccc(F)cc1. The maximum absolute atomic E-state index is 12.8. The van der Waals surface area contributed by atoms with Crippen LogP contribution in [0, 0.1) is 5.82 Å². The van der Waals surface area contributed by atoms with Crippen LogP contribution in [0.3, 0.4) is 0 Å². The minimum Gasteiger partial charge on any atom is -0.350 e. The summed E-state index contributed by atoms with van der Waals surface area (Å²) < 4.78 is 13.5. The van der Waals surface area contributed by atoms with E-state index in [0.717, 1.165) is 12.0 Å². The van der Waals surface area contributed by atoms with Gasteiger partial charge in [0, 0.05) is 17.6 Å². The van der Waals surface area contributed by atoms with Crippen LogP contribution in [0.25, 0.3) is 0 Å². The molecule has 3 amide bonds. The van der Waals surface area contributed by atoms with Gasteiger partial charge in [-0.15, -0.1) is 0 Å². The van der Waals surface area contributed by atoms with Crippen molar-refractivity contribution < 1.29 is 14.0 Å². The summed E-state index contributed by atoms with van der Waals surface area (Å²) in [5.74, 6) is -0.587. The first-order chi connectivity index (χ1) is 10.9. The molecule has 0 heterocycles. The molecule has 126 valence electrons. The third-order valence-electron chi connectivity index (χ3n) is 3.02. The molecule has 0 saturated carbocycles. The normalized spacial score (nSPS) is 11.4. The fourth-order valence-electron chi connectivity index (χ4n) is 1.86. The van der Waals surface area contributed by atoms with E-state index in [4.69, 9.17) is 0 Å². The largest absolute Gasteiger partial charge is 0.350 e. The molecule has 1 atom stereocenters. The van der Waals surface area contributed by atoms with Crippen molar-refractivity contribution in [3.8, 4) is 0 Å². The molecule has 1 rings (SSSR count). The van der Waals surface area contributed by atoms with Gasteiger partial charge >= 0.3 is 6.03 Å². The molecule has 0 spiro atoms. The maximum atomic E-state index is 12.8. The van der Waals surface area contributed by atoms with E-state index in [9.17, 15) is 14.0 Å². The summed E-state index contributed by atoms with van der Waals surface area (Å²) in [5, 5.41) is 7.97. The monoisotopic (exact) mass is 385 g/mol. The second-order valence-corrected chi connectivity index (χ2v) is 6.15. The fraction of sp³-hybridized carbons (Fsp3) is 0.375. The van der Waals surface area contributed by atoms with E-state index >= 15 is 0 Å². The molecule has 1 unspecified atom stereocenters. The summed E-state index contributed by atoms with van der Waals surface area (Å²) >= 11 is 3.16. The number of amides is 3. The van der Waals surface area contributed by atoms with Crippen molar-refractivity contribution >= 4 is 27.9 Å². The molecule has 0 aliphatic carbocycles. The summed E-state index contributed by atoms with van der Waals surface area (Å²) in [6.07, 6.45) is 1.29. The number of urea groups is 1. The highest BCUT2D eigenvalue weighted by Gasteiger charge is 2.19. The summed E-state index contributed by atoms with van der Waals surface area (Å²) in [7, 11) is 0. The highest BCUT2D eigenvalue weighted by atomic mass is 79.9. The number of hydrogen-bond acceptors (Lipinski definition) is 2. The second-order valence-electron chi connectivity index (χ2n) is 5.03. The van der Waals surface area contributed by atoms with Gasteiger partial charge in [0.1, 0.15) is 11.9 Å². The fourth-order valence-corrected chi connectivity index (χ4v) is 2.00. The number of carbonyl (C=O) groups is 2. The number of benzene rings is 1. The third-order valence-corrected chi connectivity index (χ3v) is 3.30. The van der Waals surface area contributed by atoms with Crippen molar-refractivity contribution in [3.63, 3.8) is 0 Å². The average molecular weight is 386 g/mol. The minimum absolute atomic E-state index is 0.255. The topological polar surface area (TPSA) is 70.2 Å². The van der Waals surface area contributed by atoms with Crippen LogP contribution in [0.2, 0.25) is 0 Å². The Hall–Kier alpha value is -1.89. The first-order valence-corrected chi connectivity index (χ1v) is 8.11. The number of hydrogen-bond donors (Lipinski definition) is 3. The van der Waals surface area contributed by atoms with Crippen LogP contribution in [-0.2, 0) is 11.3 Å². The number of carbonyl (C=O) groups excluding carboxylic acids is 2. The van der Waals surface area contributed by atoms with Crippen LogP contribution in [0.15, 0.2) is 35.3 Å². The summed E-state index contributed by atoms with van der Waals surface area (Å²) in [6, 6.07) is 4.78. The summed E-state index contributed by atoms with van der Waals surface area (Å²) in [4.78, 5) is 23.9. The molecule has 0 aliphatic rings. The smallest absolute Gasteiger partial charge is 0.315 e. The molecule has 0 bridgehead atoms. The van der Waals surface area contributed by atoms with Gasteiger partial charge in [-0.25, -0.2) is 9.18 Å². The highest BCUT2D eigenvalue weighted by Crippen LogP contribution is 2.03. The lowest BCUT2D eigenvalue weighted by molar-refractivity contribution is -0.122. The van der Waals surface area contributed by atoms with Crippen LogP contribution in [0.5, 0.6) is 0 Å². The van der Waals surface area contributed by atoms with Crippen molar-refractivity contribution in [1.29, 1.82) is 0 Å². The van der Waals surface area contributed by atoms with Crippen molar-refractivity contribution in [2.75, 3.05) is 6.54 Å². The van der Waals surface area contributed by atoms with Gasteiger partial charge in [0.05, 0.1) is 0 Å². The molecule has 7 heteroatoms. The molecule has 0 aromatic heterocycles. The average Bonchev–Trinajstić information content (AvgIpc) is 2.51. The van der Waals surface area contributed by atoms with Crippen molar-refractivity contribution in [1.82, 2.24) is 16.0 Å². The van der Waals surface area contributed by atoms with Crippen molar-refractivity contribution in [2.45, 2.75) is 32.4 Å². The van der Waals surface area contributed by atoms with Crippen LogP contribution < -0.4 is 16.0 Å². The predicted molar refractivity (Wildman–Crippen MR) is 91.5 cm³/mol. The second kappa shape index (κ2) is 9.99. The van der Waals surface area contributed by atoms with Gasteiger partial charge in [-0.3, -0.25) is 4.79 Å². The number of rotatable bonds is 8. The van der Waals surface area contributed by atoms with Crippen LogP contribution in [-0.4, -0.2) is 24.5 Å². The standard InChI is InChI=1S/C16H21BrFN3O2/c1-3-4-14(15(22)19-9-11(2)17)21-16(23)20-10-12-5-7-13(18)8-6-12/h5-8,14H,2-4,9-10H2,1H3,(H,19,22)(H2,20,21,23). The Morgan fingerprint density at radius 2 is 1.91 bits per heavy atom. The molecule has 3 N–H and O–H groups in total. The highest BCUT2D eigenvalue weighted by molar-refractivity contribution is 9.11. The van der Waals surface area contributed by atoms with Gasteiger partial charge in [-0.2, -0.15) is 0 Å². The van der Waals surface area contributed by atoms with E-state index in [2.05, 4.69) is 38.5 Å². The van der Waals surface area contributed by atoms with E-state index in [1.807, 2.05) is 6.92 Å². The zero-order chi connectivity index (χ0) is 17.2. The Bertz CT molecular complexity index is 549. The molecule has 5 nitrogen and oxygen atoms in total. The molecule has 0 aliphatic heterocycles. The Kier molecular flexibility index (Phi) is 8.32. The Morgan fingerprint density at radius 1 is 1.26 bits per heavy atom. The molecule has 1 aromatic rings. The first kappa shape index (κ1) is 19.2. The van der Waals surface area contributed by atoms with E-state index in [1.54, 1.807) is 12.1 Å². The van der Waals surface area contributed by atoms with Gasteiger partial charge in [0.25, 0.3) is 0 Å². The van der Waals surface area contributed by atoms with Crippen LogP contribution in [0.4, 0.5) is 9.18 Å². The molecule has 0 fully saturated rings. The zero-order valence-corrected chi connectivity index (χ0v) is 14.6. The molecular formula is C16H21BrFN3O2. The minimum atomic E-state index is -0.611. The van der Waals surface area contributed by atoms with Gasteiger partial charge in [-0.1, -0.05) is 48.0 Å². The first-order valence-electron chi connectivity index (χ1n) is 7.32. The lowest BCUT2D eigenvalue weighted by Gasteiger charge is -2.18. The lowest BCUT2D eigenvalue weighted by Crippen LogP contribution is -2.50. The number of nitrogens with one attached hydrogen (secondary N) is 3. The Balaban J connectivity index is 2.48. The van der Waals surface area contributed by atoms with E-state index in [-0.39, 0.29) is 18.3 Å². The molecule has 23 heavy (non-hydrogen) atoms. The molecule has 0 radical (unpaired) electrons.